The predicted octanol–water partition coefficient (Wildman–Crippen LogP) is 23.5. The lowest BCUT2D eigenvalue weighted by Crippen LogP contribution is -2.16. The van der Waals surface area contributed by atoms with E-state index in [1.807, 2.05) is 25.2 Å². The van der Waals surface area contributed by atoms with Gasteiger partial charge in [-0.15, -0.1) is 19.7 Å². The Labute approximate surface area is 459 Å². The predicted molar refractivity (Wildman–Crippen MR) is 315 cm³/mol. The van der Waals surface area contributed by atoms with Crippen molar-refractivity contribution in [2.75, 3.05) is 0 Å². The molecule has 0 unspecified atom stereocenters. The minimum atomic E-state index is -0.335. The van der Waals surface area contributed by atoms with Crippen LogP contribution in [0.3, 0.4) is 0 Å². The van der Waals surface area contributed by atoms with Crippen molar-refractivity contribution >= 4 is 0 Å². The molecule has 9 rings (SSSR count). The van der Waals surface area contributed by atoms with Crippen LogP contribution in [0.1, 0.15) is 265 Å². The first-order chi connectivity index (χ1) is 36.4. The quantitative estimate of drug-likeness (QED) is 0.118. The van der Waals surface area contributed by atoms with Gasteiger partial charge < -0.3 is 0 Å². The van der Waals surface area contributed by atoms with Crippen molar-refractivity contribution in [3.63, 3.8) is 0 Å². The molecule has 0 spiro atoms. The summed E-state index contributed by atoms with van der Waals surface area (Å²) in [6.07, 6.45) is 41.5. The summed E-state index contributed by atoms with van der Waals surface area (Å²) in [7, 11) is 0. The van der Waals surface area contributed by atoms with Crippen LogP contribution in [0.5, 0.6) is 0 Å². The third-order valence-corrected chi connectivity index (χ3v) is 19.3. The van der Waals surface area contributed by atoms with Gasteiger partial charge in [-0.25, -0.2) is 26.3 Å². The van der Waals surface area contributed by atoms with Crippen LogP contribution in [-0.2, 0) is 0 Å². The molecule has 0 bridgehead atoms. The Bertz CT molecular complexity index is 2290. The maximum Gasteiger partial charge on any atom is 0.129 e. The second kappa shape index (κ2) is 29.1. The topological polar surface area (TPSA) is 0 Å². The molecule has 0 amide bonds. The molecule has 0 heterocycles. The molecule has 6 heteroatoms. The molecule has 0 atom stereocenters. The number of halogens is 6. The normalized spacial score (nSPS) is 30.4. The van der Waals surface area contributed by atoms with Crippen molar-refractivity contribution in [2.24, 2.45) is 35.5 Å². The maximum atomic E-state index is 14.8. The first-order valence-corrected chi connectivity index (χ1v) is 30.0. The van der Waals surface area contributed by atoms with Gasteiger partial charge in [-0.2, -0.15) is 0 Å². The van der Waals surface area contributed by atoms with E-state index in [9.17, 15) is 26.3 Å². The number of allylic oxidation sites excluding steroid dienone is 7. The molecule has 0 radical (unpaired) electrons. The van der Waals surface area contributed by atoms with Gasteiger partial charge in [-0.1, -0.05) is 62.3 Å². The number of hydrogen-bond donors (Lipinski definition) is 0. The summed E-state index contributed by atoms with van der Waals surface area (Å²) >= 11 is 0. The van der Waals surface area contributed by atoms with Crippen LogP contribution in [-0.4, -0.2) is 0 Å². The zero-order valence-corrected chi connectivity index (χ0v) is 46.2. The van der Waals surface area contributed by atoms with E-state index >= 15 is 0 Å². The highest BCUT2D eigenvalue weighted by molar-refractivity contribution is 5.34. The lowest BCUT2D eigenvalue weighted by atomic mass is 9.75. The first kappa shape index (κ1) is 58.6. The van der Waals surface area contributed by atoms with E-state index in [2.05, 4.69) is 57.9 Å². The second-order valence-corrected chi connectivity index (χ2v) is 24.0. The number of rotatable bonds is 13. The Morgan fingerprint density at radius 2 is 0.587 bits per heavy atom. The van der Waals surface area contributed by atoms with Crippen molar-refractivity contribution in [2.45, 2.75) is 223 Å². The molecule has 0 N–H and O–H groups in total. The third kappa shape index (κ3) is 15.8. The molecule has 6 fully saturated rings. The SMILES string of the molecule is C/C=C/C1CCC(c2c(F)cc(C3CCC(CCC)CC3)cc2F)CC1.C=CC1CCC(c2c(F)cc(C3CCC(/C=C/C)CC3)cc2F)CC1.C=CC1CCC(c2cc(F)c(C3CCC(C=C)CC3)c(F)c2)CC1.[HH].[HH].[HH].[HH].[HH].[HH]. The fourth-order valence-corrected chi connectivity index (χ4v) is 14.6. The molecule has 0 aromatic heterocycles. The molecule has 0 nitrogen and oxygen atoms in total. The Kier molecular flexibility index (Phi) is 22.7. The summed E-state index contributed by atoms with van der Waals surface area (Å²) in [6, 6.07) is 9.77. The van der Waals surface area contributed by atoms with Gasteiger partial charge in [-0.3, -0.25) is 0 Å². The average Bonchev–Trinajstić information content (AvgIpc) is 3.42. The zero-order valence-electron chi connectivity index (χ0n) is 46.2. The molecule has 0 aliphatic heterocycles. The number of benzene rings is 3. The minimum Gasteiger partial charge on any atom is -0.207 e. The van der Waals surface area contributed by atoms with Crippen LogP contribution >= 0.6 is 0 Å². The summed E-state index contributed by atoms with van der Waals surface area (Å²) < 4.78 is 88.6. The van der Waals surface area contributed by atoms with Crippen LogP contribution in [0.2, 0.25) is 0 Å². The van der Waals surface area contributed by atoms with Crippen LogP contribution in [0, 0.1) is 70.4 Å². The summed E-state index contributed by atoms with van der Waals surface area (Å²) in [5, 5.41) is 0. The van der Waals surface area contributed by atoms with Crippen LogP contribution in [0.4, 0.5) is 26.3 Å². The molecule has 3 aromatic carbocycles. The molecule has 0 saturated heterocycles. The van der Waals surface area contributed by atoms with Crippen LogP contribution < -0.4 is 0 Å². The monoisotopic (exact) mass is 1050 g/mol. The van der Waals surface area contributed by atoms with Crippen molar-refractivity contribution in [1.82, 2.24) is 0 Å². The van der Waals surface area contributed by atoms with Gasteiger partial charge in [0.05, 0.1) is 0 Å². The summed E-state index contributed by atoms with van der Waals surface area (Å²) in [6.45, 7) is 17.9. The molecule has 3 aromatic rings. The highest BCUT2D eigenvalue weighted by Crippen LogP contribution is 2.45. The largest absolute Gasteiger partial charge is 0.207 e. The fraction of sp³-hybridized carbons (Fsp3) is 0.594. The molecule has 6 aliphatic carbocycles. The van der Waals surface area contributed by atoms with Crippen molar-refractivity contribution in [3.8, 4) is 0 Å². The Morgan fingerprint density at radius 1 is 0.360 bits per heavy atom. The molecular formula is C69H104F6. The molecule has 6 saturated carbocycles. The average molecular weight is 1050 g/mol. The summed E-state index contributed by atoms with van der Waals surface area (Å²) in [5.74, 6) is 2.71. The van der Waals surface area contributed by atoms with Crippen LogP contribution in [0.25, 0.3) is 0 Å². The highest BCUT2D eigenvalue weighted by Gasteiger charge is 2.32. The standard InChI is InChI=1S/C24H34F2.C23H30F2.C22H28F2.6H2/c1-3-5-17-7-11-19(12-8-17)21-15-22(25)24(23(26)16-21)20-13-9-18(6-4-2)10-14-20;1-3-5-17-8-10-18(11-9-17)20-14-21(24)23(22(25)15-20)19-12-6-16(4-2)7-13-19;1-3-15-5-9-17(10-6-15)19-13-20(23)22(21(24)14-19)18-11-7-16(4-2)8-12-18;;;;;;/h4,6,15-20H,3,5,7-14H2,1-2H3;3-5,14-19H,2,6-13H2,1H3;3-4,13-18H,1-2,5-12H2;6*1H/b6-4+;5-3+;;;;;;;. The fourth-order valence-electron chi connectivity index (χ4n) is 14.6. The smallest absolute Gasteiger partial charge is 0.129 e. The second-order valence-electron chi connectivity index (χ2n) is 24.0. The molecular weight excluding hydrogens is 943 g/mol. The molecule has 6 aliphatic rings. The van der Waals surface area contributed by atoms with Crippen molar-refractivity contribution in [3.05, 3.63) is 167 Å². The van der Waals surface area contributed by atoms with Crippen molar-refractivity contribution < 1.29 is 34.9 Å². The number of hydrogen-bond acceptors (Lipinski definition) is 0. The van der Waals surface area contributed by atoms with Crippen molar-refractivity contribution in [1.29, 1.82) is 0 Å². The minimum absolute atomic E-state index is 0. The maximum absolute atomic E-state index is 14.8. The van der Waals surface area contributed by atoms with Gasteiger partial charge in [0.25, 0.3) is 0 Å². The van der Waals surface area contributed by atoms with Gasteiger partial charge in [0.15, 0.2) is 0 Å². The van der Waals surface area contributed by atoms with Gasteiger partial charge in [0.2, 0.25) is 0 Å². The van der Waals surface area contributed by atoms with Gasteiger partial charge in [0, 0.05) is 25.3 Å². The Balaban J connectivity index is 0.000000586. The highest BCUT2D eigenvalue weighted by atomic mass is 19.2. The summed E-state index contributed by atoms with van der Waals surface area (Å²) in [5.41, 5.74) is 3.59. The molecule has 75 heavy (non-hydrogen) atoms. The third-order valence-electron chi connectivity index (χ3n) is 19.3. The first-order valence-electron chi connectivity index (χ1n) is 30.0. The van der Waals surface area contributed by atoms with Gasteiger partial charge in [0.1, 0.15) is 34.9 Å². The van der Waals surface area contributed by atoms with E-state index in [1.165, 1.54) is 25.7 Å². The van der Waals surface area contributed by atoms with E-state index in [0.717, 1.165) is 164 Å². The van der Waals surface area contributed by atoms with E-state index in [-0.39, 0.29) is 67.1 Å². The van der Waals surface area contributed by atoms with E-state index < -0.39 is 0 Å². The Morgan fingerprint density at radius 3 is 0.813 bits per heavy atom. The van der Waals surface area contributed by atoms with E-state index in [4.69, 9.17) is 0 Å². The lowest BCUT2D eigenvalue weighted by Gasteiger charge is -2.30. The summed E-state index contributed by atoms with van der Waals surface area (Å²) in [4.78, 5) is 0. The zero-order chi connectivity index (χ0) is 53.4. The van der Waals surface area contributed by atoms with Gasteiger partial charge in [-0.05, 0) is 292 Å². The van der Waals surface area contributed by atoms with E-state index in [1.54, 1.807) is 36.4 Å². The lowest BCUT2D eigenvalue weighted by molar-refractivity contribution is 0.307. The van der Waals surface area contributed by atoms with E-state index in [0.29, 0.717) is 58.1 Å². The van der Waals surface area contributed by atoms with Crippen LogP contribution in [0.15, 0.2) is 98.7 Å². The van der Waals surface area contributed by atoms with Gasteiger partial charge >= 0.3 is 0 Å². The Hall–Kier alpha value is -4.06. The molecule has 422 valence electrons.